The SMILES string of the molecule is C#CCOc1cc(C)nc(C)c1C(=O)Nc1c(CC)cccc1CC. The lowest BCUT2D eigenvalue weighted by Gasteiger charge is -2.17. The first-order valence-electron chi connectivity index (χ1n) is 8.48. The first kappa shape index (κ1) is 18.5. The van der Waals surface area contributed by atoms with E-state index in [0.29, 0.717) is 17.0 Å². The Morgan fingerprint density at radius 1 is 1.24 bits per heavy atom. The van der Waals surface area contributed by atoms with Gasteiger partial charge in [-0.15, -0.1) is 6.42 Å². The number of nitrogens with zero attached hydrogens (tertiary/aromatic N) is 1. The van der Waals surface area contributed by atoms with E-state index < -0.39 is 0 Å². The zero-order valence-corrected chi connectivity index (χ0v) is 15.3. The number of terminal acetylenes is 1. The maximum absolute atomic E-state index is 13.0. The number of ether oxygens (including phenoxy) is 1. The van der Waals surface area contributed by atoms with Gasteiger partial charge in [0.1, 0.15) is 17.9 Å². The van der Waals surface area contributed by atoms with Crippen LogP contribution in [-0.4, -0.2) is 17.5 Å². The maximum atomic E-state index is 13.0. The zero-order valence-electron chi connectivity index (χ0n) is 15.3. The van der Waals surface area contributed by atoms with Crippen LogP contribution in [0.5, 0.6) is 5.75 Å². The fraction of sp³-hybridized carbons (Fsp3) is 0.333. The summed E-state index contributed by atoms with van der Waals surface area (Å²) in [6, 6.07) is 7.83. The van der Waals surface area contributed by atoms with Crippen LogP contribution in [0.4, 0.5) is 5.69 Å². The third-order valence-electron chi connectivity index (χ3n) is 4.07. The normalized spacial score (nSPS) is 10.2. The summed E-state index contributed by atoms with van der Waals surface area (Å²) in [6.07, 6.45) is 6.97. The minimum absolute atomic E-state index is 0.106. The van der Waals surface area contributed by atoms with Crippen LogP contribution in [0, 0.1) is 26.2 Å². The fourth-order valence-corrected chi connectivity index (χ4v) is 2.88. The Balaban J connectivity index is 2.44. The van der Waals surface area contributed by atoms with Gasteiger partial charge in [-0.25, -0.2) is 0 Å². The second-order valence-electron chi connectivity index (χ2n) is 5.83. The van der Waals surface area contributed by atoms with Gasteiger partial charge < -0.3 is 10.1 Å². The number of carbonyl (C=O) groups excluding carboxylic acids is 1. The molecule has 2 rings (SSSR count). The predicted molar refractivity (Wildman–Crippen MR) is 101 cm³/mol. The second-order valence-corrected chi connectivity index (χ2v) is 5.83. The molecule has 0 saturated carbocycles. The summed E-state index contributed by atoms with van der Waals surface area (Å²) in [7, 11) is 0. The van der Waals surface area contributed by atoms with Gasteiger partial charge >= 0.3 is 0 Å². The molecule has 0 bridgehead atoms. The lowest BCUT2D eigenvalue weighted by Crippen LogP contribution is -2.18. The van der Waals surface area contributed by atoms with Gasteiger partial charge in [0, 0.05) is 17.4 Å². The molecule has 25 heavy (non-hydrogen) atoms. The summed E-state index contributed by atoms with van der Waals surface area (Å²) in [5.41, 5.74) is 4.92. The number of aryl methyl sites for hydroxylation is 4. The summed E-state index contributed by atoms with van der Waals surface area (Å²) < 4.78 is 5.58. The van der Waals surface area contributed by atoms with Gasteiger partial charge in [-0.1, -0.05) is 38.0 Å². The van der Waals surface area contributed by atoms with Crippen LogP contribution in [0.15, 0.2) is 24.3 Å². The molecule has 2 aromatic rings. The van der Waals surface area contributed by atoms with Crippen molar-refractivity contribution >= 4 is 11.6 Å². The van der Waals surface area contributed by atoms with Crippen LogP contribution in [0.1, 0.15) is 46.7 Å². The first-order chi connectivity index (χ1) is 12.0. The van der Waals surface area contributed by atoms with Gasteiger partial charge in [0.05, 0.1) is 5.69 Å². The first-order valence-corrected chi connectivity index (χ1v) is 8.48. The second kappa shape index (κ2) is 8.34. The van der Waals surface area contributed by atoms with E-state index in [1.807, 2.05) is 25.1 Å². The van der Waals surface area contributed by atoms with Gasteiger partial charge in [0.15, 0.2) is 0 Å². The molecular weight excluding hydrogens is 312 g/mol. The number of rotatable bonds is 6. The molecule has 0 fully saturated rings. The van der Waals surface area contributed by atoms with Crippen molar-refractivity contribution in [2.45, 2.75) is 40.5 Å². The Morgan fingerprint density at radius 3 is 2.44 bits per heavy atom. The van der Waals surface area contributed by atoms with E-state index in [2.05, 4.69) is 30.1 Å². The molecule has 1 heterocycles. The summed E-state index contributed by atoms with van der Waals surface area (Å²) in [4.78, 5) is 17.4. The lowest BCUT2D eigenvalue weighted by atomic mass is 10.0. The van der Waals surface area contributed by atoms with Crippen LogP contribution in [0.3, 0.4) is 0 Å². The number of amides is 1. The molecule has 0 radical (unpaired) electrons. The van der Waals surface area contributed by atoms with Crippen LogP contribution in [0.25, 0.3) is 0 Å². The number of benzene rings is 1. The molecule has 1 aromatic heterocycles. The van der Waals surface area contributed by atoms with Crippen molar-refractivity contribution in [3.8, 4) is 18.1 Å². The van der Waals surface area contributed by atoms with Crippen molar-refractivity contribution in [1.29, 1.82) is 0 Å². The number of para-hydroxylation sites is 1. The molecule has 0 aliphatic rings. The standard InChI is InChI=1S/C21H24N2O2/c1-6-12-25-18-13-14(4)22-15(5)19(18)21(24)23-20-16(7-2)10-9-11-17(20)8-3/h1,9-11,13H,7-8,12H2,2-5H3,(H,23,24). The van der Waals surface area contributed by atoms with E-state index >= 15 is 0 Å². The molecule has 0 aliphatic carbocycles. The number of aromatic nitrogens is 1. The highest BCUT2D eigenvalue weighted by Crippen LogP contribution is 2.27. The van der Waals surface area contributed by atoms with Gasteiger partial charge in [-0.2, -0.15) is 0 Å². The van der Waals surface area contributed by atoms with Crippen LogP contribution in [0.2, 0.25) is 0 Å². The van der Waals surface area contributed by atoms with Crippen molar-refractivity contribution in [3.63, 3.8) is 0 Å². The minimum atomic E-state index is -0.229. The minimum Gasteiger partial charge on any atom is -0.480 e. The Bertz CT molecular complexity index is 797. The van der Waals surface area contributed by atoms with Gasteiger partial charge in [-0.05, 0) is 37.8 Å². The Hall–Kier alpha value is -2.80. The molecule has 1 N–H and O–H groups in total. The molecule has 1 amide bonds. The van der Waals surface area contributed by atoms with Crippen molar-refractivity contribution < 1.29 is 9.53 Å². The molecule has 0 saturated heterocycles. The molecule has 0 spiro atoms. The van der Waals surface area contributed by atoms with Crippen LogP contribution in [-0.2, 0) is 12.8 Å². The molecular formula is C21H24N2O2. The maximum Gasteiger partial charge on any atom is 0.261 e. The average Bonchev–Trinajstić information content (AvgIpc) is 2.59. The highest BCUT2D eigenvalue weighted by atomic mass is 16.5. The van der Waals surface area contributed by atoms with Crippen molar-refractivity contribution in [2.24, 2.45) is 0 Å². The predicted octanol–water partition coefficient (Wildman–Crippen LogP) is 4.09. The third-order valence-corrected chi connectivity index (χ3v) is 4.07. The number of hydrogen-bond donors (Lipinski definition) is 1. The fourth-order valence-electron chi connectivity index (χ4n) is 2.88. The van der Waals surface area contributed by atoms with Gasteiger partial charge in [0.25, 0.3) is 5.91 Å². The lowest BCUT2D eigenvalue weighted by molar-refractivity contribution is 0.102. The third kappa shape index (κ3) is 4.19. The van der Waals surface area contributed by atoms with E-state index in [1.165, 1.54) is 0 Å². The summed E-state index contributed by atoms with van der Waals surface area (Å²) in [5.74, 6) is 2.67. The topological polar surface area (TPSA) is 51.2 Å². The zero-order chi connectivity index (χ0) is 18.4. The van der Waals surface area contributed by atoms with Gasteiger partial charge in [-0.3, -0.25) is 9.78 Å². The number of nitrogens with one attached hydrogen (secondary N) is 1. The van der Waals surface area contributed by atoms with Crippen molar-refractivity contribution in [3.05, 3.63) is 52.3 Å². The Labute approximate surface area is 149 Å². The molecule has 130 valence electrons. The van der Waals surface area contributed by atoms with E-state index in [0.717, 1.165) is 35.3 Å². The smallest absolute Gasteiger partial charge is 0.261 e. The van der Waals surface area contributed by atoms with Gasteiger partial charge in [0.2, 0.25) is 0 Å². The Morgan fingerprint density at radius 2 is 1.88 bits per heavy atom. The molecule has 4 heteroatoms. The molecule has 1 aromatic carbocycles. The average molecular weight is 336 g/mol. The summed E-state index contributed by atoms with van der Waals surface area (Å²) in [6.45, 7) is 7.92. The summed E-state index contributed by atoms with van der Waals surface area (Å²) >= 11 is 0. The number of anilines is 1. The van der Waals surface area contributed by atoms with E-state index in [-0.39, 0.29) is 12.5 Å². The van der Waals surface area contributed by atoms with E-state index in [9.17, 15) is 4.79 Å². The van der Waals surface area contributed by atoms with Crippen molar-refractivity contribution in [1.82, 2.24) is 4.98 Å². The molecule has 4 nitrogen and oxygen atoms in total. The van der Waals surface area contributed by atoms with Crippen LogP contribution >= 0.6 is 0 Å². The Kier molecular flexibility index (Phi) is 6.19. The van der Waals surface area contributed by atoms with E-state index in [4.69, 9.17) is 11.2 Å². The molecule has 0 unspecified atom stereocenters. The highest BCUT2D eigenvalue weighted by Gasteiger charge is 2.19. The number of pyridine rings is 1. The van der Waals surface area contributed by atoms with E-state index in [1.54, 1.807) is 13.0 Å². The monoisotopic (exact) mass is 336 g/mol. The molecule has 0 aliphatic heterocycles. The van der Waals surface area contributed by atoms with Crippen LogP contribution < -0.4 is 10.1 Å². The summed E-state index contributed by atoms with van der Waals surface area (Å²) in [5, 5.41) is 3.06. The van der Waals surface area contributed by atoms with Crippen molar-refractivity contribution in [2.75, 3.05) is 11.9 Å². The number of carbonyl (C=O) groups is 1. The highest BCUT2D eigenvalue weighted by molar-refractivity contribution is 6.07. The largest absolute Gasteiger partial charge is 0.480 e. The quantitative estimate of drug-likeness (QED) is 0.809. The molecule has 0 atom stereocenters. The number of hydrogen-bond acceptors (Lipinski definition) is 3.